The van der Waals surface area contributed by atoms with Crippen LogP contribution in [0.25, 0.3) is 0 Å². The third-order valence-corrected chi connectivity index (χ3v) is 3.84. The number of nitriles is 1. The Kier molecular flexibility index (Phi) is 4.04. The molecule has 3 rings (SSSR count). The molecule has 0 bridgehead atoms. The first-order valence-corrected chi connectivity index (χ1v) is 7.37. The van der Waals surface area contributed by atoms with Gasteiger partial charge in [-0.3, -0.25) is 9.59 Å². The summed E-state index contributed by atoms with van der Waals surface area (Å²) < 4.78 is 0. The third kappa shape index (κ3) is 3.11. The number of hydrogen-bond acceptors (Lipinski definition) is 7. The van der Waals surface area contributed by atoms with Crippen molar-refractivity contribution in [3.8, 4) is 6.07 Å². The lowest BCUT2D eigenvalue weighted by molar-refractivity contribution is -0.128. The molecule has 1 atom stereocenters. The molecule has 1 saturated heterocycles. The van der Waals surface area contributed by atoms with Gasteiger partial charge in [-0.2, -0.15) is 5.26 Å². The van der Waals surface area contributed by atoms with Crippen molar-refractivity contribution in [2.24, 2.45) is 5.73 Å². The van der Waals surface area contributed by atoms with Crippen molar-refractivity contribution in [3.63, 3.8) is 0 Å². The molecule has 3 heterocycles. The molecule has 0 saturated carbocycles. The van der Waals surface area contributed by atoms with Crippen molar-refractivity contribution >= 4 is 29.1 Å². The van der Waals surface area contributed by atoms with Gasteiger partial charge >= 0.3 is 0 Å². The molecule has 4 N–H and O–H groups in total. The molecule has 1 aliphatic rings. The lowest BCUT2D eigenvalue weighted by atomic mass is 10.1. The second kappa shape index (κ2) is 6.18. The number of nitrogens with one attached hydrogen (secondary N) is 1. The SMILES string of the molecule is N#C[C@@]1(O)CCN(c2ccnc(Nc3cc(C(N)=O)ccn3)c2)C1=O. The summed E-state index contributed by atoms with van der Waals surface area (Å²) in [5.74, 6) is -0.499. The molecule has 9 heteroatoms. The van der Waals surface area contributed by atoms with Gasteiger partial charge < -0.3 is 21.1 Å². The summed E-state index contributed by atoms with van der Waals surface area (Å²) >= 11 is 0. The minimum atomic E-state index is -1.99. The summed E-state index contributed by atoms with van der Waals surface area (Å²) in [6.45, 7) is 0.224. The molecule has 2 amide bonds. The zero-order chi connectivity index (χ0) is 18.0. The number of carbonyl (C=O) groups is 2. The van der Waals surface area contributed by atoms with Crippen molar-refractivity contribution in [1.82, 2.24) is 9.97 Å². The number of aliphatic hydroxyl groups is 1. The van der Waals surface area contributed by atoms with Gasteiger partial charge in [-0.1, -0.05) is 0 Å². The second-order valence-corrected chi connectivity index (χ2v) is 5.50. The molecule has 25 heavy (non-hydrogen) atoms. The van der Waals surface area contributed by atoms with Crippen LogP contribution in [0.4, 0.5) is 17.3 Å². The summed E-state index contributed by atoms with van der Waals surface area (Å²) in [7, 11) is 0. The van der Waals surface area contributed by atoms with Gasteiger partial charge in [0.15, 0.2) is 0 Å². The lowest BCUT2D eigenvalue weighted by Gasteiger charge is -2.18. The van der Waals surface area contributed by atoms with E-state index < -0.39 is 17.4 Å². The number of hydrogen-bond donors (Lipinski definition) is 3. The number of nitrogens with zero attached hydrogens (tertiary/aromatic N) is 4. The van der Waals surface area contributed by atoms with E-state index in [4.69, 9.17) is 11.0 Å². The Balaban J connectivity index is 1.84. The number of pyridine rings is 2. The first-order valence-electron chi connectivity index (χ1n) is 7.37. The summed E-state index contributed by atoms with van der Waals surface area (Å²) in [5, 5.41) is 21.8. The van der Waals surface area contributed by atoms with Crippen molar-refractivity contribution in [3.05, 3.63) is 42.2 Å². The van der Waals surface area contributed by atoms with Gasteiger partial charge in [0.05, 0.1) is 0 Å². The average molecular weight is 338 g/mol. The number of amides is 2. The quantitative estimate of drug-likeness (QED) is 0.680. The topological polar surface area (TPSA) is 145 Å². The summed E-state index contributed by atoms with van der Waals surface area (Å²) in [4.78, 5) is 32.9. The van der Waals surface area contributed by atoms with Crippen molar-refractivity contribution in [2.75, 3.05) is 16.8 Å². The molecule has 2 aromatic rings. The fourth-order valence-electron chi connectivity index (χ4n) is 2.49. The maximum atomic E-state index is 12.2. The normalized spacial score (nSPS) is 19.5. The predicted molar refractivity (Wildman–Crippen MR) is 87.8 cm³/mol. The molecule has 126 valence electrons. The Labute approximate surface area is 142 Å². The van der Waals surface area contributed by atoms with E-state index in [1.807, 2.05) is 0 Å². The minimum Gasteiger partial charge on any atom is -0.368 e. The van der Waals surface area contributed by atoms with Gasteiger partial charge in [-0.15, -0.1) is 0 Å². The van der Waals surface area contributed by atoms with Crippen LogP contribution in [0.15, 0.2) is 36.7 Å². The maximum Gasteiger partial charge on any atom is 0.273 e. The van der Waals surface area contributed by atoms with E-state index in [-0.39, 0.29) is 13.0 Å². The average Bonchev–Trinajstić information content (AvgIpc) is 2.91. The van der Waals surface area contributed by atoms with Crippen LogP contribution in [0.2, 0.25) is 0 Å². The molecular formula is C16H14N6O3. The summed E-state index contributed by atoms with van der Waals surface area (Å²) in [5.41, 5.74) is 4.02. The fraction of sp³-hybridized carbons (Fsp3) is 0.188. The van der Waals surface area contributed by atoms with Crippen molar-refractivity contribution in [2.45, 2.75) is 12.0 Å². The third-order valence-electron chi connectivity index (χ3n) is 3.84. The summed E-state index contributed by atoms with van der Waals surface area (Å²) in [6.07, 6.45) is 2.95. The minimum absolute atomic E-state index is 0.0373. The zero-order valence-electron chi connectivity index (χ0n) is 13.0. The monoisotopic (exact) mass is 338 g/mol. The van der Waals surface area contributed by atoms with E-state index in [1.54, 1.807) is 18.2 Å². The Morgan fingerprint density at radius 2 is 2.00 bits per heavy atom. The molecule has 0 radical (unpaired) electrons. The van der Waals surface area contributed by atoms with Gasteiger partial charge in [0.1, 0.15) is 17.7 Å². The predicted octanol–water partition coefficient (Wildman–Crippen LogP) is 0.310. The highest BCUT2D eigenvalue weighted by molar-refractivity contribution is 6.03. The highest BCUT2D eigenvalue weighted by Gasteiger charge is 2.46. The Morgan fingerprint density at radius 1 is 1.32 bits per heavy atom. The number of nitrogens with two attached hydrogens (primary N) is 1. The van der Waals surface area contributed by atoms with Crippen LogP contribution in [-0.4, -0.2) is 39.0 Å². The summed E-state index contributed by atoms with van der Waals surface area (Å²) in [6, 6.07) is 7.79. The van der Waals surface area contributed by atoms with Crippen LogP contribution >= 0.6 is 0 Å². The van der Waals surface area contributed by atoms with Gasteiger partial charge in [-0.05, 0) is 18.2 Å². The van der Waals surface area contributed by atoms with E-state index in [0.29, 0.717) is 22.9 Å². The van der Waals surface area contributed by atoms with Gasteiger partial charge in [0.25, 0.3) is 5.91 Å². The van der Waals surface area contributed by atoms with Crippen molar-refractivity contribution < 1.29 is 14.7 Å². The molecule has 0 aromatic carbocycles. The number of carbonyl (C=O) groups excluding carboxylic acids is 2. The molecular weight excluding hydrogens is 324 g/mol. The number of primary amides is 1. The van der Waals surface area contributed by atoms with Crippen LogP contribution in [-0.2, 0) is 4.79 Å². The van der Waals surface area contributed by atoms with Gasteiger partial charge in [0, 0.05) is 42.7 Å². The van der Waals surface area contributed by atoms with E-state index in [2.05, 4.69) is 15.3 Å². The molecule has 0 aliphatic carbocycles. The Bertz CT molecular complexity index is 893. The van der Waals surface area contributed by atoms with E-state index in [0.717, 1.165) is 0 Å². The zero-order valence-corrected chi connectivity index (χ0v) is 13.0. The van der Waals surface area contributed by atoms with E-state index in [9.17, 15) is 14.7 Å². The maximum absolute atomic E-state index is 12.2. The second-order valence-electron chi connectivity index (χ2n) is 5.50. The number of rotatable bonds is 4. The number of anilines is 3. The highest BCUT2D eigenvalue weighted by Crippen LogP contribution is 2.29. The van der Waals surface area contributed by atoms with E-state index in [1.165, 1.54) is 29.4 Å². The van der Waals surface area contributed by atoms with Crippen LogP contribution in [0.1, 0.15) is 16.8 Å². The number of aromatic nitrogens is 2. The smallest absolute Gasteiger partial charge is 0.273 e. The van der Waals surface area contributed by atoms with Gasteiger partial charge in [0.2, 0.25) is 11.5 Å². The molecule has 1 fully saturated rings. The van der Waals surface area contributed by atoms with Crippen LogP contribution in [0.5, 0.6) is 0 Å². The molecule has 9 nitrogen and oxygen atoms in total. The lowest BCUT2D eigenvalue weighted by Crippen LogP contribution is -2.38. The van der Waals surface area contributed by atoms with Crippen LogP contribution in [0, 0.1) is 11.3 Å². The van der Waals surface area contributed by atoms with E-state index >= 15 is 0 Å². The van der Waals surface area contributed by atoms with Gasteiger partial charge in [-0.25, -0.2) is 9.97 Å². The Hall–Kier alpha value is -3.51. The first-order chi connectivity index (χ1) is 11.9. The largest absolute Gasteiger partial charge is 0.368 e. The molecule has 2 aromatic heterocycles. The molecule has 0 unspecified atom stereocenters. The highest BCUT2D eigenvalue weighted by atomic mass is 16.3. The molecule has 1 aliphatic heterocycles. The fourth-order valence-corrected chi connectivity index (χ4v) is 2.49. The van der Waals surface area contributed by atoms with Crippen LogP contribution < -0.4 is 16.0 Å². The first kappa shape index (κ1) is 16.4. The Morgan fingerprint density at radius 3 is 2.64 bits per heavy atom. The molecule has 0 spiro atoms. The standard InChI is InChI=1S/C16H14N6O3/c17-9-16(25)3-6-22(15(16)24)11-2-5-20-13(8-11)21-12-7-10(14(18)23)1-4-19-12/h1-2,4-5,7-8,25H,3,6H2,(H2,18,23)(H,19,20,21)/t16-/m0/s1. The van der Waals surface area contributed by atoms with Crippen LogP contribution in [0.3, 0.4) is 0 Å². The van der Waals surface area contributed by atoms with Crippen molar-refractivity contribution in [1.29, 1.82) is 5.26 Å².